The molecule has 4 rings (SSSR count). The predicted octanol–water partition coefficient (Wildman–Crippen LogP) is 4.66. The molecule has 8 nitrogen and oxygen atoms in total. The number of anilines is 1. The lowest BCUT2D eigenvalue weighted by atomic mass is 10.1. The number of amidine groups is 2. The molecule has 2 atom stereocenters. The van der Waals surface area contributed by atoms with Crippen LogP contribution in [-0.4, -0.2) is 51.5 Å². The van der Waals surface area contributed by atoms with Crippen molar-refractivity contribution >= 4 is 51.9 Å². The van der Waals surface area contributed by atoms with Crippen LogP contribution in [-0.2, 0) is 20.8 Å². The Labute approximate surface area is 222 Å². The number of hydrogen-bond acceptors (Lipinski definition) is 6. The highest BCUT2D eigenvalue weighted by Crippen LogP contribution is 2.36. The number of benzene rings is 2. The first-order chi connectivity index (χ1) is 17.9. The smallest absolute Gasteiger partial charge is 0.271 e. The lowest BCUT2D eigenvalue weighted by Crippen LogP contribution is -2.46. The summed E-state index contributed by atoms with van der Waals surface area (Å²) >= 11 is 1.29. The van der Waals surface area contributed by atoms with Crippen molar-refractivity contribution in [2.45, 2.75) is 64.2 Å². The Hall–Kier alpha value is -3.46. The molecular formula is C28H33N5O3S. The number of fused-ring (bicyclic) bond motifs is 3. The Balaban J connectivity index is 1.57. The molecule has 0 spiro atoms. The minimum atomic E-state index is -0.793. The summed E-state index contributed by atoms with van der Waals surface area (Å²) in [5, 5.41) is 5.93. The first-order valence-corrected chi connectivity index (χ1v) is 13.8. The molecule has 2 aliphatic heterocycles. The number of carbonyl (C=O) groups excluding carboxylic acids is 3. The number of carbonyl (C=O) groups is 3. The maximum absolute atomic E-state index is 13.2. The molecule has 0 fully saturated rings. The van der Waals surface area contributed by atoms with Crippen molar-refractivity contribution in [1.82, 2.24) is 10.2 Å². The van der Waals surface area contributed by atoms with Crippen molar-refractivity contribution < 1.29 is 14.4 Å². The Morgan fingerprint density at radius 3 is 2.51 bits per heavy atom. The van der Waals surface area contributed by atoms with Gasteiger partial charge in [-0.3, -0.25) is 19.3 Å². The molecule has 0 saturated carbocycles. The van der Waals surface area contributed by atoms with Gasteiger partial charge in [0.25, 0.3) is 5.91 Å². The van der Waals surface area contributed by atoms with Gasteiger partial charge in [0.1, 0.15) is 11.9 Å². The topological polar surface area (TPSA) is 103 Å². The number of nitrogens with one attached hydrogen (secondary N) is 2. The molecule has 2 aromatic carbocycles. The van der Waals surface area contributed by atoms with Crippen molar-refractivity contribution in [3.63, 3.8) is 0 Å². The van der Waals surface area contributed by atoms with Gasteiger partial charge < -0.3 is 10.6 Å². The van der Waals surface area contributed by atoms with Crippen molar-refractivity contribution in [2.75, 3.05) is 11.9 Å². The van der Waals surface area contributed by atoms with E-state index in [-0.39, 0.29) is 24.1 Å². The molecule has 0 aliphatic carbocycles. The molecule has 194 valence electrons. The molecule has 9 heteroatoms. The van der Waals surface area contributed by atoms with E-state index in [2.05, 4.69) is 29.5 Å². The highest BCUT2D eigenvalue weighted by molar-refractivity contribution is 8.15. The molecule has 0 saturated heterocycles. The second kappa shape index (κ2) is 12.2. The van der Waals surface area contributed by atoms with Gasteiger partial charge in [-0.2, -0.15) is 4.99 Å². The lowest BCUT2D eigenvalue weighted by Gasteiger charge is -2.32. The highest BCUT2D eigenvalue weighted by atomic mass is 32.2. The van der Waals surface area contributed by atoms with Crippen LogP contribution in [0.5, 0.6) is 0 Å². The quantitative estimate of drug-likeness (QED) is 0.444. The Bertz CT molecular complexity index is 1220. The van der Waals surface area contributed by atoms with Crippen LogP contribution in [0.25, 0.3) is 0 Å². The van der Waals surface area contributed by atoms with E-state index in [4.69, 9.17) is 4.99 Å². The van der Waals surface area contributed by atoms with Gasteiger partial charge in [0, 0.05) is 17.8 Å². The zero-order chi connectivity index (χ0) is 26.4. The van der Waals surface area contributed by atoms with Crippen LogP contribution in [0.15, 0.2) is 58.5 Å². The second-order valence-electron chi connectivity index (χ2n) is 9.03. The number of amides is 3. The highest BCUT2D eigenvalue weighted by Gasteiger charge is 2.43. The lowest BCUT2D eigenvalue weighted by molar-refractivity contribution is -0.126. The van der Waals surface area contributed by atoms with Crippen LogP contribution in [0.2, 0.25) is 0 Å². The van der Waals surface area contributed by atoms with Gasteiger partial charge in [0.2, 0.25) is 11.8 Å². The number of hydrogen-bond donors (Lipinski definition) is 2. The average Bonchev–Trinajstić information content (AvgIpc) is 3.23. The van der Waals surface area contributed by atoms with Crippen LogP contribution in [0.1, 0.15) is 57.6 Å². The number of aryl methyl sites for hydroxylation is 1. The summed E-state index contributed by atoms with van der Waals surface area (Å²) in [6.07, 6.45) is 3.31. The van der Waals surface area contributed by atoms with Crippen LogP contribution < -0.4 is 10.6 Å². The van der Waals surface area contributed by atoms with Gasteiger partial charge in [0.05, 0.1) is 17.4 Å². The zero-order valence-electron chi connectivity index (χ0n) is 21.5. The fourth-order valence-electron chi connectivity index (χ4n) is 4.23. The summed E-state index contributed by atoms with van der Waals surface area (Å²) in [5.41, 5.74) is 3.36. The molecule has 0 bridgehead atoms. The van der Waals surface area contributed by atoms with Crippen molar-refractivity contribution in [3.8, 4) is 0 Å². The molecule has 37 heavy (non-hydrogen) atoms. The summed E-state index contributed by atoms with van der Waals surface area (Å²) in [6.45, 7) is 6.65. The van der Waals surface area contributed by atoms with Gasteiger partial charge in [-0.15, -0.1) is 0 Å². The summed E-state index contributed by atoms with van der Waals surface area (Å²) in [7, 11) is 0. The van der Waals surface area contributed by atoms with Gasteiger partial charge in [-0.25, -0.2) is 4.99 Å². The fourth-order valence-corrected chi connectivity index (χ4v) is 5.30. The summed E-state index contributed by atoms with van der Waals surface area (Å²) in [6, 6.07) is 14.5. The van der Waals surface area contributed by atoms with Crippen molar-refractivity contribution in [1.29, 1.82) is 0 Å². The van der Waals surface area contributed by atoms with E-state index in [0.717, 1.165) is 30.5 Å². The number of para-hydroxylation sites is 1. The zero-order valence-corrected chi connectivity index (χ0v) is 22.3. The largest absolute Gasteiger partial charge is 0.356 e. The number of aliphatic imine (C=N–C) groups is 2. The van der Waals surface area contributed by atoms with E-state index in [1.165, 1.54) is 17.3 Å². The second-order valence-corrected chi connectivity index (χ2v) is 10.2. The van der Waals surface area contributed by atoms with Crippen LogP contribution in [0.3, 0.4) is 0 Å². The molecular weight excluding hydrogens is 486 g/mol. The van der Waals surface area contributed by atoms with Gasteiger partial charge in [0.15, 0.2) is 5.17 Å². The van der Waals surface area contributed by atoms with E-state index in [0.29, 0.717) is 29.7 Å². The third-order valence-electron chi connectivity index (χ3n) is 6.38. The van der Waals surface area contributed by atoms with Gasteiger partial charge >= 0.3 is 0 Å². The van der Waals surface area contributed by atoms with E-state index >= 15 is 0 Å². The molecule has 2 aromatic rings. The number of thioether (sulfide) groups is 1. The monoisotopic (exact) mass is 519 g/mol. The standard InChI is InChI=1S/C28H33N5O3S/c1-4-7-16-29-24(34)17-22-26(35)32-25-20-10-8-9-11-21(20)31-28(33(22)25)37-23(6-3)27(36)30-19-14-12-18(5-2)13-15-19/h8-15,22-23H,4-7,16-17H2,1-3H3,(H,29,34)(H,30,36). The Kier molecular flexibility index (Phi) is 8.76. The van der Waals surface area contributed by atoms with Crippen LogP contribution >= 0.6 is 11.8 Å². The normalized spacial score (nSPS) is 16.9. The van der Waals surface area contributed by atoms with E-state index in [9.17, 15) is 14.4 Å². The number of nitrogens with zero attached hydrogens (tertiary/aromatic N) is 3. The Morgan fingerprint density at radius 2 is 1.81 bits per heavy atom. The fraction of sp³-hybridized carbons (Fsp3) is 0.393. The first kappa shape index (κ1) is 26.6. The molecule has 0 radical (unpaired) electrons. The summed E-state index contributed by atoms with van der Waals surface area (Å²) in [4.78, 5) is 49.7. The van der Waals surface area contributed by atoms with E-state index < -0.39 is 11.3 Å². The molecule has 2 heterocycles. The minimum Gasteiger partial charge on any atom is -0.356 e. The summed E-state index contributed by atoms with van der Waals surface area (Å²) in [5.74, 6) is -0.239. The van der Waals surface area contributed by atoms with E-state index in [1.807, 2.05) is 55.5 Å². The number of unbranched alkanes of at least 4 members (excludes halogenated alkanes) is 1. The van der Waals surface area contributed by atoms with Crippen LogP contribution in [0.4, 0.5) is 11.4 Å². The maximum atomic E-state index is 13.2. The van der Waals surface area contributed by atoms with Gasteiger partial charge in [-0.05, 0) is 49.1 Å². The van der Waals surface area contributed by atoms with E-state index in [1.54, 1.807) is 4.90 Å². The molecule has 2 unspecified atom stereocenters. The third-order valence-corrected chi connectivity index (χ3v) is 7.71. The first-order valence-electron chi connectivity index (χ1n) is 12.9. The predicted molar refractivity (Wildman–Crippen MR) is 149 cm³/mol. The number of rotatable bonds is 10. The van der Waals surface area contributed by atoms with Crippen LogP contribution in [0, 0.1) is 0 Å². The minimum absolute atomic E-state index is 0.0238. The van der Waals surface area contributed by atoms with Crippen molar-refractivity contribution in [2.24, 2.45) is 9.98 Å². The molecule has 0 aromatic heterocycles. The third kappa shape index (κ3) is 6.10. The SMILES string of the molecule is CCCCNC(=O)CC1C(=O)N=C2c3ccccc3N=C(SC(CC)C(=O)Nc3ccc(CC)cc3)N21. The molecule has 2 N–H and O–H groups in total. The van der Waals surface area contributed by atoms with Gasteiger partial charge in [-0.1, -0.05) is 63.2 Å². The summed E-state index contributed by atoms with van der Waals surface area (Å²) < 4.78 is 0. The van der Waals surface area contributed by atoms with Crippen molar-refractivity contribution in [3.05, 3.63) is 59.7 Å². The maximum Gasteiger partial charge on any atom is 0.271 e. The average molecular weight is 520 g/mol. The molecule has 2 aliphatic rings. The molecule has 3 amide bonds. The Morgan fingerprint density at radius 1 is 1.05 bits per heavy atom.